The minimum Gasteiger partial charge on any atom is -0.480 e. The van der Waals surface area contributed by atoms with E-state index in [-0.39, 0.29) is 30.4 Å². The SMILES string of the molecule is Cc1ccc(C)c(N2N=C(C(=O)N3CCCCC3C(=O)O)CCC2=O)c1. The number of carboxylic acids is 1. The second-order valence-electron chi connectivity index (χ2n) is 6.89. The molecule has 2 amide bonds. The second-order valence-corrected chi connectivity index (χ2v) is 6.89. The average molecular weight is 357 g/mol. The van der Waals surface area contributed by atoms with Crippen LogP contribution in [0.1, 0.15) is 43.2 Å². The molecule has 2 aliphatic rings. The summed E-state index contributed by atoms with van der Waals surface area (Å²) < 4.78 is 0. The Balaban J connectivity index is 1.92. The molecule has 7 nitrogen and oxygen atoms in total. The number of piperidine rings is 1. The number of carbonyl (C=O) groups is 3. The molecule has 138 valence electrons. The molecule has 26 heavy (non-hydrogen) atoms. The quantitative estimate of drug-likeness (QED) is 0.898. The molecule has 2 aliphatic heterocycles. The molecule has 0 saturated carbocycles. The van der Waals surface area contributed by atoms with Crippen molar-refractivity contribution in [1.29, 1.82) is 0 Å². The molecule has 0 aliphatic carbocycles. The normalized spacial score (nSPS) is 20.8. The van der Waals surface area contributed by atoms with E-state index in [4.69, 9.17) is 0 Å². The van der Waals surface area contributed by atoms with Crippen molar-refractivity contribution in [2.75, 3.05) is 11.6 Å². The molecule has 1 N–H and O–H groups in total. The molecular formula is C19H23N3O4. The third-order valence-corrected chi connectivity index (χ3v) is 4.92. The van der Waals surface area contributed by atoms with Gasteiger partial charge in [0.25, 0.3) is 5.91 Å². The van der Waals surface area contributed by atoms with Crippen molar-refractivity contribution in [1.82, 2.24) is 4.90 Å². The van der Waals surface area contributed by atoms with E-state index in [0.29, 0.717) is 18.7 Å². The van der Waals surface area contributed by atoms with Gasteiger partial charge in [0.05, 0.1) is 5.69 Å². The van der Waals surface area contributed by atoms with Gasteiger partial charge in [-0.25, -0.2) is 9.80 Å². The number of benzene rings is 1. The highest BCUT2D eigenvalue weighted by molar-refractivity contribution is 6.40. The lowest BCUT2D eigenvalue weighted by atomic mass is 10.0. The fraction of sp³-hybridized carbons (Fsp3) is 0.474. The molecule has 1 unspecified atom stereocenters. The minimum atomic E-state index is -0.989. The van der Waals surface area contributed by atoms with Crippen LogP contribution in [0.5, 0.6) is 0 Å². The maximum atomic E-state index is 12.9. The van der Waals surface area contributed by atoms with Gasteiger partial charge in [0, 0.05) is 19.4 Å². The van der Waals surface area contributed by atoms with Gasteiger partial charge in [-0.1, -0.05) is 12.1 Å². The topological polar surface area (TPSA) is 90.3 Å². The Bertz CT molecular complexity index is 787. The Kier molecular flexibility index (Phi) is 5.06. The van der Waals surface area contributed by atoms with Crippen LogP contribution in [0, 0.1) is 13.8 Å². The number of carboxylic acid groups (broad SMARTS) is 1. The maximum absolute atomic E-state index is 12.9. The molecule has 7 heteroatoms. The van der Waals surface area contributed by atoms with Gasteiger partial charge in [-0.05, 0) is 50.3 Å². The second kappa shape index (κ2) is 7.27. The Morgan fingerprint density at radius 3 is 2.69 bits per heavy atom. The third-order valence-electron chi connectivity index (χ3n) is 4.92. The summed E-state index contributed by atoms with van der Waals surface area (Å²) in [5, 5.41) is 15.0. The summed E-state index contributed by atoms with van der Waals surface area (Å²) in [5.41, 5.74) is 2.80. The number of hydrazone groups is 1. The van der Waals surface area contributed by atoms with Crippen LogP contribution < -0.4 is 5.01 Å². The molecule has 1 atom stereocenters. The number of hydrogen-bond donors (Lipinski definition) is 1. The van der Waals surface area contributed by atoms with Crippen LogP contribution >= 0.6 is 0 Å². The van der Waals surface area contributed by atoms with E-state index in [0.717, 1.165) is 24.0 Å². The zero-order valence-corrected chi connectivity index (χ0v) is 15.1. The van der Waals surface area contributed by atoms with Gasteiger partial charge >= 0.3 is 5.97 Å². The summed E-state index contributed by atoms with van der Waals surface area (Å²) >= 11 is 0. The summed E-state index contributed by atoms with van der Waals surface area (Å²) in [5.74, 6) is -1.53. The fourth-order valence-electron chi connectivity index (χ4n) is 3.44. The summed E-state index contributed by atoms with van der Waals surface area (Å²) in [6, 6.07) is 4.92. The van der Waals surface area contributed by atoms with Gasteiger partial charge in [0.1, 0.15) is 11.8 Å². The lowest BCUT2D eigenvalue weighted by Crippen LogP contribution is -2.51. The van der Waals surface area contributed by atoms with E-state index in [9.17, 15) is 19.5 Å². The lowest BCUT2D eigenvalue weighted by molar-refractivity contribution is -0.149. The largest absolute Gasteiger partial charge is 0.480 e. The van der Waals surface area contributed by atoms with Gasteiger partial charge in [0.15, 0.2) is 0 Å². The zero-order chi connectivity index (χ0) is 18.8. The number of amides is 2. The predicted octanol–water partition coefficient (Wildman–Crippen LogP) is 2.25. The number of anilines is 1. The molecule has 1 fully saturated rings. The van der Waals surface area contributed by atoms with E-state index >= 15 is 0 Å². The van der Waals surface area contributed by atoms with Crippen molar-refractivity contribution in [3.8, 4) is 0 Å². The molecule has 3 rings (SSSR count). The maximum Gasteiger partial charge on any atom is 0.326 e. The first kappa shape index (κ1) is 18.1. The van der Waals surface area contributed by atoms with E-state index in [1.54, 1.807) is 0 Å². The number of rotatable bonds is 3. The third kappa shape index (κ3) is 3.47. The van der Waals surface area contributed by atoms with Crippen molar-refractivity contribution in [2.24, 2.45) is 5.10 Å². The van der Waals surface area contributed by atoms with Crippen LogP contribution in [-0.4, -0.2) is 46.1 Å². The van der Waals surface area contributed by atoms with Crippen molar-refractivity contribution in [2.45, 2.75) is 52.0 Å². The summed E-state index contributed by atoms with van der Waals surface area (Å²) in [7, 11) is 0. The van der Waals surface area contributed by atoms with Crippen molar-refractivity contribution >= 4 is 29.2 Å². The fourth-order valence-corrected chi connectivity index (χ4v) is 3.44. The zero-order valence-electron chi connectivity index (χ0n) is 15.1. The first-order valence-corrected chi connectivity index (χ1v) is 8.90. The molecule has 0 aromatic heterocycles. The number of nitrogens with zero attached hydrogens (tertiary/aromatic N) is 3. The van der Waals surface area contributed by atoms with Crippen LogP contribution in [0.3, 0.4) is 0 Å². The van der Waals surface area contributed by atoms with E-state index in [1.165, 1.54) is 9.91 Å². The van der Waals surface area contributed by atoms with Crippen molar-refractivity contribution in [3.63, 3.8) is 0 Å². The number of aryl methyl sites for hydroxylation is 2. The molecule has 1 saturated heterocycles. The van der Waals surface area contributed by atoms with Crippen LogP contribution in [0.2, 0.25) is 0 Å². The molecule has 0 spiro atoms. The Morgan fingerprint density at radius 1 is 1.19 bits per heavy atom. The average Bonchev–Trinajstić information content (AvgIpc) is 2.63. The highest BCUT2D eigenvalue weighted by atomic mass is 16.4. The van der Waals surface area contributed by atoms with Crippen LogP contribution in [-0.2, 0) is 14.4 Å². The predicted molar refractivity (Wildman–Crippen MR) is 97.1 cm³/mol. The summed E-state index contributed by atoms with van der Waals surface area (Å²) in [4.78, 5) is 38.1. The number of hydrogen-bond acceptors (Lipinski definition) is 4. The summed E-state index contributed by atoms with van der Waals surface area (Å²) in [6.07, 6.45) is 2.45. The first-order valence-electron chi connectivity index (χ1n) is 8.90. The smallest absolute Gasteiger partial charge is 0.326 e. The van der Waals surface area contributed by atoms with Crippen LogP contribution in [0.15, 0.2) is 23.3 Å². The van der Waals surface area contributed by atoms with E-state index in [2.05, 4.69) is 5.10 Å². The minimum absolute atomic E-state index is 0.163. The lowest BCUT2D eigenvalue weighted by Gasteiger charge is -2.34. The van der Waals surface area contributed by atoms with Crippen LogP contribution in [0.4, 0.5) is 5.69 Å². The molecule has 2 heterocycles. The Morgan fingerprint density at radius 2 is 1.96 bits per heavy atom. The van der Waals surface area contributed by atoms with Crippen molar-refractivity contribution in [3.05, 3.63) is 29.3 Å². The van der Waals surface area contributed by atoms with E-state index < -0.39 is 12.0 Å². The van der Waals surface area contributed by atoms with Gasteiger partial charge in [-0.2, -0.15) is 5.10 Å². The molecule has 0 bridgehead atoms. The van der Waals surface area contributed by atoms with E-state index in [1.807, 2.05) is 32.0 Å². The monoisotopic (exact) mass is 357 g/mol. The standard InChI is InChI=1S/C19H23N3O4/c1-12-6-7-13(2)16(11-12)22-17(23)9-8-14(20-22)18(24)21-10-4-3-5-15(21)19(25)26/h6-7,11,15H,3-5,8-10H2,1-2H3,(H,25,26). The van der Waals surface area contributed by atoms with Gasteiger partial charge in [-0.3, -0.25) is 9.59 Å². The van der Waals surface area contributed by atoms with Gasteiger partial charge in [0.2, 0.25) is 5.91 Å². The molecular weight excluding hydrogens is 334 g/mol. The number of carbonyl (C=O) groups excluding carboxylic acids is 2. The number of likely N-dealkylation sites (tertiary alicyclic amines) is 1. The number of aliphatic carboxylic acids is 1. The van der Waals surface area contributed by atoms with Gasteiger partial charge in [-0.15, -0.1) is 0 Å². The Labute approximate surface area is 152 Å². The first-order chi connectivity index (χ1) is 12.4. The summed E-state index contributed by atoms with van der Waals surface area (Å²) in [6.45, 7) is 4.23. The van der Waals surface area contributed by atoms with Crippen molar-refractivity contribution < 1.29 is 19.5 Å². The molecule has 1 aromatic carbocycles. The van der Waals surface area contributed by atoms with Crippen LogP contribution in [0.25, 0.3) is 0 Å². The molecule has 1 aromatic rings. The Hall–Kier alpha value is -2.70. The highest BCUT2D eigenvalue weighted by Gasteiger charge is 2.36. The van der Waals surface area contributed by atoms with Gasteiger partial charge < -0.3 is 10.0 Å². The highest BCUT2D eigenvalue weighted by Crippen LogP contribution is 2.26. The molecule has 0 radical (unpaired) electrons.